The van der Waals surface area contributed by atoms with Crippen LogP contribution in [0.15, 0.2) is 42.5 Å². The highest BCUT2D eigenvalue weighted by atomic mass is 16.7. The highest BCUT2D eigenvalue weighted by Crippen LogP contribution is 2.34. The summed E-state index contributed by atoms with van der Waals surface area (Å²) in [5.74, 6) is 1.53. The molecule has 33 heavy (non-hydrogen) atoms. The predicted octanol–water partition coefficient (Wildman–Crippen LogP) is 1.97. The smallest absolute Gasteiger partial charge is 0.326 e. The molecule has 2 fully saturated rings. The SMILES string of the molecule is O=C1N[C@@]2(CCc3ccccc3C2)C(=O)N1CN1CCN(Cc2ccc3c(c2)OCO3)CC1. The van der Waals surface area contributed by atoms with E-state index < -0.39 is 5.54 Å². The largest absolute Gasteiger partial charge is 0.454 e. The summed E-state index contributed by atoms with van der Waals surface area (Å²) in [6, 6.07) is 14.0. The Morgan fingerprint density at radius 1 is 0.909 bits per heavy atom. The zero-order chi connectivity index (χ0) is 22.4. The number of carbonyl (C=O) groups is 2. The monoisotopic (exact) mass is 448 g/mol. The molecule has 8 nitrogen and oxygen atoms in total. The molecule has 1 N–H and O–H groups in total. The third-order valence-electron chi connectivity index (χ3n) is 7.33. The number of ether oxygens (including phenoxy) is 2. The fourth-order valence-electron chi connectivity index (χ4n) is 5.42. The molecule has 1 spiro atoms. The first-order valence-corrected chi connectivity index (χ1v) is 11.6. The molecule has 4 aliphatic rings. The van der Waals surface area contributed by atoms with Crippen molar-refractivity contribution in [3.63, 3.8) is 0 Å². The van der Waals surface area contributed by atoms with Gasteiger partial charge in [0.25, 0.3) is 5.91 Å². The zero-order valence-corrected chi connectivity index (χ0v) is 18.6. The Labute approximate surface area is 193 Å². The van der Waals surface area contributed by atoms with Crippen LogP contribution >= 0.6 is 0 Å². The van der Waals surface area contributed by atoms with Crippen LogP contribution in [-0.4, -0.2) is 71.8 Å². The lowest BCUT2D eigenvalue weighted by Crippen LogP contribution is -2.53. The minimum atomic E-state index is -0.785. The fourth-order valence-corrected chi connectivity index (χ4v) is 5.42. The Hall–Kier alpha value is -3.10. The number of nitrogens with zero attached hydrogens (tertiary/aromatic N) is 3. The van der Waals surface area contributed by atoms with E-state index in [9.17, 15) is 9.59 Å². The molecule has 6 rings (SSSR count). The average Bonchev–Trinajstić information content (AvgIpc) is 3.38. The third-order valence-corrected chi connectivity index (χ3v) is 7.33. The number of hydrogen-bond acceptors (Lipinski definition) is 6. The van der Waals surface area contributed by atoms with Gasteiger partial charge in [0.2, 0.25) is 6.79 Å². The molecule has 1 aliphatic carbocycles. The van der Waals surface area contributed by atoms with Gasteiger partial charge in [-0.2, -0.15) is 0 Å². The molecule has 3 aliphatic heterocycles. The normalized spacial score (nSPS) is 24.9. The number of urea groups is 1. The van der Waals surface area contributed by atoms with Crippen LogP contribution in [-0.2, 0) is 24.2 Å². The molecule has 0 saturated carbocycles. The van der Waals surface area contributed by atoms with Crippen LogP contribution in [0.1, 0.15) is 23.1 Å². The van der Waals surface area contributed by atoms with Gasteiger partial charge in [-0.1, -0.05) is 30.3 Å². The quantitative estimate of drug-likeness (QED) is 0.721. The van der Waals surface area contributed by atoms with E-state index in [0.717, 1.165) is 56.2 Å². The van der Waals surface area contributed by atoms with Crippen LogP contribution in [0.4, 0.5) is 4.79 Å². The second-order valence-electron chi connectivity index (χ2n) is 9.41. The molecular formula is C25H28N4O4. The number of hydrogen-bond donors (Lipinski definition) is 1. The summed E-state index contributed by atoms with van der Waals surface area (Å²) < 4.78 is 10.9. The van der Waals surface area contributed by atoms with E-state index in [2.05, 4.69) is 33.3 Å². The number of nitrogens with one attached hydrogen (secondary N) is 1. The van der Waals surface area contributed by atoms with E-state index in [1.165, 1.54) is 16.0 Å². The molecule has 0 aromatic heterocycles. The second kappa shape index (κ2) is 8.04. The molecule has 0 radical (unpaired) electrons. The fraction of sp³-hybridized carbons (Fsp3) is 0.440. The Bertz CT molecular complexity index is 1100. The standard InChI is InChI=1S/C25H28N4O4/c30-23-25(8-7-19-3-1-2-4-20(19)14-25)26-24(31)29(23)16-28-11-9-27(10-12-28)15-18-5-6-21-22(13-18)33-17-32-21/h1-6,13H,7-12,14-17H2,(H,26,31)/t25-/m1/s1. The third kappa shape index (κ3) is 3.73. The predicted molar refractivity (Wildman–Crippen MR) is 121 cm³/mol. The van der Waals surface area contributed by atoms with Gasteiger partial charge < -0.3 is 14.8 Å². The van der Waals surface area contributed by atoms with Crippen LogP contribution < -0.4 is 14.8 Å². The van der Waals surface area contributed by atoms with Crippen molar-refractivity contribution in [2.45, 2.75) is 31.3 Å². The summed E-state index contributed by atoms with van der Waals surface area (Å²) in [7, 11) is 0. The van der Waals surface area contributed by atoms with Gasteiger partial charge in [0.1, 0.15) is 5.54 Å². The number of amides is 3. The first kappa shape index (κ1) is 20.5. The van der Waals surface area contributed by atoms with Crippen LogP contribution in [0.3, 0.4) is 0 Å². The highest BCUT2D eigenvalue weighted by molar-refractivity contribution is 6.07. The molecular weight excluding hydrogens is 420 g/mol. The average molecular weight is 449 g/mol. The molecule has 0 unspecified atom stereocenters. The molecule has 2 saturated heterocycles. The Balaban J connectivity index is 1.05. The minimum absolute atomic E-state index is 0.0789. The van der Waals surface area contributed by atoms with Crippen molar-refractivity contribution in [3.05, 3.63) is 59.2 Å². The number of imide groups is 1. The lowest BCUT2D eigenvalue weighted by atomic mass is 9.78. The summed E-state index contributed by atoms with van der Waals surface area (Å²) in [5, 5.41) is 3.04. The lowest BCUT2D eigenvalue weighted by molar-refractivity contribution is -0.133. The summed E-state index contributed by atoms with van der Waals surface area (Å²) in [6.45, 7) is 4.89. The number of rotatable bonds is 4. The topological polar surface area (TPSA) is 74.4 Å². The summed E-state index contributed by atoms with van der Waals surface area (Å²) >= 11 is 0. The second-order valence-corrected chi connectivity index (χ2v) is 9.41. The lowest BCUT2D eigenvalue weighted by Gasteiger charge is -2.36. The van der Waals surface area contributed by atoms with Crippen molar-refractivity contribution in [2.75, 3.05) is 39.6 Å². The Morgan fingerprint density at radius 3 is 2.52 bits per heavy atom. The van der Waals surface area contributed by atoms with Gasteiger partial charge in [-0.3, -0.25) is 14.6 Å². The van der Waals surface area contributed by atoms with E-state index >= 15 is 0 Å². The van der Waals surface area contributed by atoms with Crippen molar-refractivity contribution in [3.8, 4) is 11.5 Å². The Kier molecular flexibility index (Phi) is 4.99. The van der Waals surface area contributed by atoms with E-state index in [-0.39, 0.29) is 18.7 Å². The Morgan fingerprint density at radius 2 is 1.67 bits per heavy atom. The molecule has 3 heterocycles. The number of carbonyl (C=O) groups excluding carboxylic acids is 2. The minimum Gasteiger partial charge on any atom is -0.454 e. The van der Waals surface area contributed by atoms with Crippen molar-refractivity contribution >= 4 is 11.9 Å². The van der Waals surface area contributed by atoms with Gasteiger partial charge in [0, 0.05) is 39.1 Å². The summed E-state index contributed by atoms with van der Waals surface area (Å²) in [4.78, 5) is 32.1. The number of fused-ring (bicyclic) bond motifs is 2. The van der Waals surface area contributed by atoms with Gasteiger partial charge >= 0.3 is 6.03 Å². The zero-order valence-electron chi connectivity index (χ0n) is 18.6. The number of benzene rings is 2. The van der Waals surface area contributed by atoms with Crippen LogP contribution in [0, 0.1) is 0 Å². The summed E-state index contributed by atoms with van der Waals surface area (Å²) in [5.41, 5.74) is 2.85. The molecule has 3 amide bonds. The van der Waals surface area contributed by atoms with E-state index in [1.807, 2.05) is 24.3 Å². The van der Waals surface area contributed by atoms with Gasteiger partial charge in [0.05, 0.1) is 6.67 Å². The van der Waals surface area contributed by atoms with E-state index in [1.54, 1.807) is 0 Å². The van der Waals surface area contributed by atoms with E-state index in [4.69, 9.17) is 9.47 Å². The van der Waals surface area contributed by atoms with Crippen molar-refractivity contribution < 1.29 is 19.1 Å². The van der Waals surface area contributed by atoms with Crippen molar-refractivity contribution in [2.24, 2.45) is 0 Å². The van der Waals surface area contributed by atoms with Gasteiger partial charge in [-0.05, 0) is 41.7 Å². The molecule has 2 aromatic rings. The van der Waals surface area contributed by atoms with Crippen molar-refractivity contribution in [1.82, 2.24) is 20.0 Å². The van der Waals surface area contributed by atoms with Crippen LogP contribution in [0.2, 0.25) is 0 Å². The number of piperazine rings is 1. The molecule has 172 valence electrons. The maximum Gasteiger partial charge on any atom is 0.326 e. The first-order valence-electron chi connectivity index (χ1n) is 11.6. The molecule has 1 atom stereocenters. The van der Waals surface area contributed by atoms with Gasteiger partial charge in [-0.25, -0.2) is 9.69 Å². The van der Waals surface area contributed by atoms with Gasteiger partial charge in [-0.15, -0.1) is 0 Å². The van der Waals surface area contributed by atoms with Crippen LogP contribution in [0.5, 0.6) is 11.5 Å². The maximum absolute atomic E-state index is 13.4. The highest BCUT2D eigenvalue weighted by Gasteiger charge is 2.52. The van der Waals surface area contributed by atoms with Crippen molar-refractivity contribution in [1.29, 1.82) is 0 Å². The first-order chi connectivity index (χ1) is 16.1. The molecule has 0 bridgehead atoms. The van der Waals surface area contributed by atoms with Gasteiger partial charge in [0.15, 0.2) is 11.5 Å². The van der Waals surface area contributed by atoms with E-state index in [0.29, 0.717) is 19.5 Å². The summed E-state index contributed by atoms with van der Waals surface area (Å²) in [6.07, 6.45) is 2.05. The number of aryl methyl sites for hydroxylation is 1. The maximum atomic E-state index is 13.4. The molecule has 8 heteroatoms. The van der Waals surface area contributed by atoms with Crippen LogP contribution in [0.25, 0.3) is 0 Å². The molecule has 2 aromatic carbocycles.